The second-order valence-corrected chi connectivity index (χ2v) is 9.87. The van der Waals surface area contributed by atoms with Crippen LogP contribution in [0.3, 0.4) is 0 Å². The summed E-state index contributed by atoms with van der Waals surface area (Å²) in [6, 6.07) is 4.27. The maximum Gasteiger partial charge on any atom is 0.352 e. The van der Waals surface area contributed by atoms with E-state index in [0.717, 1.165) is 16.7 Å². The summed E-state index contributed by atoms with van der Waals surface area (Å²) in [6.07, 6.45) is 0.0839. The number of carboxylic acids is 2. The molecule has 14 nitrogen and oxygen atoms in total. The van der Waals surface area contributed by atoms with Crippen molar-refractivity contribution in [3.05, 3.63) is 47.0 Å². The van der Waals surface area contributed by atoms with E-state index in [-0.39, 0.29) is 28.3 Å². The van der Waals surface area contributed by atoms with Crippen LogP contribution in [0.4, 0.5) is 5.69 Å². The first-order chi connectivity index (χ1) is 17.7. The van der Waals surface area contributed by atoms with E-state index in [9.17, 15) is 29.1 Å². The number of nitrogens with one attached hydrogen (secondary N) is 2. The summed E-state index contributed by atoms with van der Waals surface area (Å²) in [7, 11) is 0. The number of nitrogens with two attached hydrogens (primary N) is 1. The maximum atomic E-state index is 12.9. The second kappa shape index (κ2) is 11.0. The van der Waals surface area contributed by atoms with Gasteiger partial charge >= 0.3 is 11.9 Å². The summed E-state index contributed by atoms with van der Waals surface area (Å²) in [4.78, 5) is 60.0. The van der Waals surface area contributed by atoms with Crippen molar-refractivity contribution in [2.24, 2.45) is 5.73 Å². The number of hydrogen-bond acceptors (Lipinski definition) is 11. The van der Waals surface area contributed by atoms with E-state index in [1.165, 1.54) is 11.8 Å². The second-order valence-electron chi connectivity index (χ2n) is 7.84. The van der Waals surface area contributed by atoms with Gasteiger partial charge in [-0.25, -0.2) is 4.79 Å². The first-order valence-corrected chi connectivity index (χ1v) is 12.7. The topological polar surface area (TPSA) is 218 Å². The van der Waals surface area contributed by atoms with Gasteiger partial charge in [-0.05, 0) is 23.3 Å². The third-order valence-electron chi connectivity index (χ3n) is 5.45. The number of rotatable bonds is 11. The molecule has 3 amide bonds. The van der Waals surface area contributed by atoms with Gasteiger partial charge < -0.3 is 31.0 Å². The molecule has 6 N–H and O–H groups in total. The number of hydrogen-bond donors (Lipinski definition) is 5. The predicted molar refractivity (Wildman–Crippen MR) is 129 cm³/mol. The average Bonchev–Trinajstić information content (AvgIpc) is 3.31. The van der Waals surface area contributed by atoms with E-state index in [0.29, 0.717) is 23.2 Å². The Hall–Kier alpha value is -3.89. The van der Waals surface area contributed by atoms with Crippen molar-refractivity contribution in [1.29, 1.82) is 0 Å². The summed E-state index contributed by atoms with van der Waals surface area (Å²) in [6.45, 7) is 0. The molecule has 1 aromatic heterocycles. The minimum absolute atomic E-state index is 0.0737. The Balaban J connectivity index is 1.40. The first-order valence-electron chi connectivity index (χ1n) is 10.6. The SMILES string of the molecule is NC(C(=O)NC1C(=O)N2C(C(=O)O)=C(CSc3nnc(CC(=O)O)o3)CS[C@@H]12)c1ccc(NC=O)cc1. The molecule has 4 rings (SSSR count). The third kappa shape index (κ3) is 5.60. The summed E-state index contributed by atoms with van der Waals surface area (Å²) in [5.41, 5.74) is 7.28. The molecule has 1 aromatic carbocycles. The number of benzene rings is 1. The Morgan fingerprint density at radius 2 is 2.00 bits per heavy atom. The van der Waals surface area contributed by atoms with Gasteiger partial charge in [-0.15, -0.1) is 22.0 Å². The normalized spacial score (nSPS) is 19.5. The van der Waals surface area contributed by atoms with E-state index in [2.05, 4.69) is 20.8 Å². The number of nitrogens with zero attached hydrogens (tertiary/aromatic N) is 3. The van der Waals surface area contributed by atoms with Crippen LogP contribution in [0.25, 0.3) is 0 Å². The summed E-state index contributed by atoms with van der Waals surface area (Å²) in [5, 5.41) is 30.5. The Labute approximate surface area is 217 Å². The number of fused-ring (bicyclic) bond motifs is 1. The lowest BCUT2D eigenvalue weighted by Gasteiger charge is -2.49. The van der Waals surface area contributed by atoms with Crippen molar-refractivity contribution in [3.8, 4) is 0 Å². The highest BCUT2D eigenvalue weighted by atomic mass is 32.2. The number of carbonyl (C=O) groups excluding carboxylic acids is 3. The number of amides is 3. The summed E-state index contributed by atoms with van der Waals surface area (Å²) in [5.74, 6) is -3.30. The number of β-lactam (4-membered cyclic amide) rings is 1. The first kappa shape index (κ1) is 26.2. The van der Waals surface area contributed by atoms with Crippen LogP contribution >= 0.6 is 23.5 Å². The summed E-state index contributed by atoms with van der Waals surface area (Å²) < 4.78 is 5.23. The van der Waals surface area contributed by atoms with Crippen molar-refractivity contribution >= 4 is 59.4 Å². The van der Waals surface area contributed by atoms with Crippen molar-refractivity contribution in [2.75, 3.05) is 16.8 Å². The molecule has 194 valence electrons. The van der Waals surface area contributed by atoms with E-state index >= 15 is 0 Å². The fourth-order valence-corrected chi connectivity index (χ4v) is 5.96. The number of anilines is 1. The van der Waals surface area contributed by atoms with Crippen LogP contribution in [-0.2, 0) is 30.4 Å². The fourth-order valence-electron chi connectivity index (χ4n) is 3.69. The lowest BCUT2D eigenvalue weighted by atomic mass is 10.0. The zero-order valence-corrected chi connectivity index (χ0v) is 20.5. The lowest BCUT2D eigenvalue weighted by molar-refractivity contribution is -0.150. The number of aliphatic carboxylic acids is 2. The van der Waals surface area contributed by atoms with Crippen molar-refractivity contribution in [3.63, 3.8) is 0 Å². The zero-order valence-electron chi connectivity index (χ0n) is 18.8. The molecule has 16 heteroatoms. The molecule has 3 heterocycles. The molecule has 3 atom stereocenters. The van der Waals surface area contributed by atoms with Crippen LogP contribution in [0.2, 0.25) is 0 Å². The minimum atomic E-state index is -1.29. The molecule has 2 aliphatic heterocycles. The largest absolute Gasteiger partial charge is 0.481 e. The number of aromatic nitrogens is 2. The number of carbonyl (C=O) groups is 5. The van der Waals surface area contributed by atoms with Crippen LogP contribution in [-0.4, -0.2) is 78.4 Å². The van der Waals surface area contributed by atoms with Crippen LogP contribution in [0.5, 0.6) is 0 Å². The highest BCUT2D eigenvalue weighted by Crippen LogP contribution is 2.41. The van der Waals surface area contributed by atoms with Gasteiger partial charge in [0.25, 0.3) is 11.1 Å². The molecule has 0 radical (unpaired) electrons. The molecule has 2 aliphatic rings. The highest BCUT2D eigenvalue weighted by Gasteiger charge is 2.54. The number of carboxylic acid groups (broad SMARTS) is 2. The molecule has 0 spiro atoms. The Kier molecular flexibility index (Phi) is 7.80. The van der Waals surface area contributed by atoms with Crippen molar-refractivity contribution in [2.45, 2.75) is 29.1 Å². The Bertz CT molecular complexity index is 1280. The Morgan fingerprint density at radius 1 is 1.27 bits per heavy atom. The number of thioether (sulfide) groups is 2. The quantitative estimate of drug-likeness (QED) is 0.140. The van der Waals surface area contributed by atoms with Gasteiger partial charge in [-0.1, -0.05) is 23.9 Å². The molecule has 0 bridgehead atoms. The van der Waals surface area contributed by atoms with Gasteiger partial charge in [0, 0.05) is 17.2 Å². The lowest BCUT2D eigenvalue weighted by Crippen LogP contribution is -2.71. The monoisotopic (exact) mass is 548 g/mol. The van der Waals surface area contributed by atoms with Gasteiger partial charge in [0.1, 0.15) is 29.6 Å². The van der Waals surface area contributed by atoms with Crippen LogP contribution < -0.4 is 16.4 Å². The zero-order chi connectivity index (χ0) is 26.7. The molecular formula is C21H20N6O8S2. The van der Waals surface area contributed by atoms with E-state index < -0.39 is 47.6 Å². The molecule has 1 saturated heterocycles. The van der Waals surface area contributed by atoms with Crippen LogP contribution in [0.1, 0.15) is 17.5 Å². The van der Waals surface area contributed by atoms with Gasteiger partial charge in [0.15, 0.2) is 0 Å². The van der Waals surface area contributed by atoms with Gasteiger partial charge in [-0.2, -0.15) is 0 Å². The smallest absolute Gasteiger partial charge is 0.352 e. The molecule has 2 aromatic rings. The molecule has 0 aliphatic carbocycles. The third-order valence-corrected chi connectivity index (χ3v) is 7.69. The highest BCUT2D eigenvalue weighted by molar-refractivity contribution is 8.01. The van der Waals surface area contributed by atoms with Gasteiger partial charge in [0.05, 0.1) is 0 Å². The van der Waals surface area contributed by atoms with Crippen molar-refractivity contribution in [1.82, 2.24) is 20.4 Å². The van der Waals surface area contributed by atoms with Gasteiger partial charge in [-0.3, -0.25) is 24.1 Å². The summed E-state index contributed by atoms with van der Waals surface area (Å²) >= 11 is 2.31. The van der Waals surface area contributed by atoms with Crippen molar-refractivity contribution < 1.29 is 38.6 Å². The molecule has 2 unspecified atom stereocenters. The molecule has 37 heavy (non-hydrogen) atoms. The molecular weight excluding hydrogens is 528 g/mol. The van der Waals surface area contributed by atoms with Gasteiger partial charge in [0.2, 0.25) is 18.2 Å². The van der Waals surface area contributed by atoms with Crippen LogP contribution in [0, 0.1) is 0 Å². The maximum absolute atomic E-state index is 12.9. The van der Waals surface area contributed by atoms with Crippen LogP contribution in [0.15, 0.2) is 45.2 Å². The minimum Gasteiger partial charge on any atom is -0.481 e. The van der Waals surface area contributed by atoms with E-state index in [1.807, 2.05) is 0 Å². The Morgan fingerprint density at radius 3 is 2.65 bits per heavy atom. The molecule has 1 fully saturated rings. The fraction of sp³-hybridized carbons (Fsp3) is 0.286. The van der Waals surface area contributed by atoms with E-state index in [1.54, 1.807) is 24.3 Å². The predicted octanol–water partition coefficient (Wildman–Crippen LogP) is -0.204. The average molecular weight is 549 g/mol. The standard InChI is InChI=1S/C21H20N6O8S2/c22-14(9-1-3-11(4-2-9)23-8-28)17(31)24-15-18(32)27-16(20(33)34)10(6-36-19(15)27)7-37-21-26-25-12(35-21)5-13(29)30/h1-4,8,14-15,19H,5-7,22H2,(H,23,28)(H,24,31)(H,29,30)(H,33,34)/t14?,15?,19-/m0/s1. The van der Waals surface area contributed by atoms with E-state index in [4.69, 9.17) is 15.3 Å². The molecule has 0 saturated carbocycles.